The summed E-state index contributed by atoms with van der Waals surface area (Å²) in [4.78, 5) is 0.253. The van der Waals surface area contributed by atoms with Gasteiger partial charge in [-0.05, 0) is 37.1 Å². The van der Waals surface area contributed by atoms with Crippen molar-refractivity contribution in [2.45, 2.75) is 29.9 Å². The van der Waals surface area contributed by atoms with Crippen LogP contribution < -0.4 is 10.0 Å². The minimum atomic E-state index is -3.40. The standard InChI is InChI=1S/C12H17ClN2O3S/c13-7-11(16)8-14-9-3-5-12(6-4-9)19(17,18)15-10-1-2-10/h3-6,10-11,14-16H,1-2,7-8H2. The topological polar surface area (TPSA) is 78.4 Å². The number of nitrogens with one attached hydrogen (secondary N) is 2. The zero-order valence-electron chi connectivity index (χ0n) is 10.3. The van der Waals surface area contributed by atoms with E-state index in [1.807, 2.05) is 0 Å². The van der Waals surface area contributed by atoms with Crippen LogP contribution >= 0.6 is 11.6 Å². The molecule has 1 aliphatic carbocycles. The normalized spacial score (nSPS) is 17.2. The van der Waals surface area contributed by atoms with Crippen LogP contribution in [0.15, 0.2) is 29.2 Å². The van der Waals surface area contributed by atoms with Crippen molar-refractivity contribution >= 4 is 27.3 Å². The maximum absolute atomic E-state index is 11.9. The first kappa shape index (κ1) is 14.6. The molecule has 0 aromatic heterocycles. The van der Waals surface area contributed by atoms with Crippen LogP contribution in [0.1, 0.15) is 12.8 Å². The molecule has 1 aliphatic rings. The maximum Gasteiger partial charge on any atom is 0.240 e. The van der Waals surface area contributed by atoms with Crippen LogP contribution in [0.25, 0.3) is 0 Å². The van der Waals surface area contributed by atoms with E-state index in [9.17, 15) is 13.5 Å². The molecular weight excluding hydrogens is 288 g/mol. The van der Waals surface area contributed by atoms with Crippen molar-refractivity contribution in [1.29, 1.82) is 0 Å². The number of benzene rings is 1. The molecule has 0 heterocycles. The zero-order chi connectivity index (χ0) is 13.9. The number of anilines is 1. The summed E-state index contributed by atoms with van der Waals surface area (Å²) >= 11 is 5.48. The molecular formula is C12H17ClN2O3S. The number of rotatable bonds is 7. The number of hydrogen-bond donors (Lipinski definition) is 3. The van der Waals surface area contributed by atoms with E-state index in [2.05, 4.69) is 10.0 Å². The van der Waals surface area contributed by atoms with Gasteiger partial charge in [0.25, 0.3) is 0 Å². The lowest BCUT2D eigenvalue weighted by atomic mass is 10.3. The Bertz CT molecular complexity index is 514. The number of sulfonamides is 1. The molecule has 0 spiro atoms. The Labute approximate surface area is 118 Å². The van der Waals surface area contributed by atoms with Crippen LogP contribution in [0.3, 0.4) is 0 Å². The van der Waals surface area contributed by atoms with E-state index in [1.165, 1.54) is 0 Å². The molecule has 19 heavy (non-hydrogen) atoms. The first-order valence-corrected chi connectivity index (χ1v) is 8.13. The Morgan fingerprint density at radius 1 is 1.32 bits per heavy atom. The van der Waals surface area contributed by atoms with Crippen molar-refractivity contribution in [3.8, 4) is 0 Å². The molecule has 0 bridgehead atoms. The van der Waals surface area contributed by atoms with Crippen molar-refractivity contribution in [2.24, 2.45) is 0 Å². The highest BCUT2D eigenvalue weighted by Gasteiger charge is 2.27. The first-order chi connectivity index (χ1) is 9.01. The molecule has 1 aromatic carbocycles. The van der Waals surface area contributed by atoms with E-state index in [0.29, 0.717) is 6.54 Å². The van der Waals surface area contributed by atoms with Gasteiger partial charge in [-0.3, -0.25) is 0 Å². The van der Waals surface area contributed by atoms with Crippen molar-refractivity contribution in [2.75, 3.05) is 17.7 Å². The van der Waals surface area contributed by atoms with Gasteiger partial charge in [0, 0.05) is 18.3 Å². The minimum Gasteiger partial charge on any atom is -0.390 e. The molecule has 1 atom stereocenters. The second-order valence-corrected chi connectivity index (χ2v) is 6.63. The second kappa shape index (κ2) is 6.09. The van der Waals surface area contributed by atoms with Crippen LogP contribution in [-0.4, -0.2) is 38.1 Å². The van der Waals surface area contributed by atoms with Gasteiger partial charge in [-0.2, -0.15) is 0 Å². The quantitative estimate of drug-likeness (QED) is 0.660. The molecule has 1 aromatic rings. The highest BCUT2D eigenvalue weighted by molar-refractivity contribution is 7.89. The molecule has 106 valence electrons. The molecule has 1 saturated carbocycles. The van der Waals surface area contributed by atoms with Crippen LogP contribution in [0, 0.1) is 0 Å². The number of halogens is 1. The lowest BCUT2D eigenvalue weighted by Crippen LogP contribution is -2.25. The third-order valence-electron chi connectivity index (χ3n) is 2.78. The van der Waals surface area contributed by atoms with Crippen molar-refractivity contribution in [3.63, 3.8) is 0 Å². The van der Waals surface area contributed by atoms with E-state index >= 15 is 0 Å². The van der Waals surface area contributed by atoms with Crippen LogP contribution in [0.5, 0.6) is 0 Å². The Kier molecular flexibility index (Phi) is 4.67. The summed E-state index contributed by atoms with van der Waals surface area (Å²) in [6.45, 7) is 0.329. The van der Waals surface area contributed by atoms with Crippen molar-refractivity contribution < 1.29 is 13.5 Å². The summed E-state index contributed by atoms with van der Waals surface area (Å²) in [6, 6.07) is 6.52. The molecule has 5 nitrogen and oxygen atoms in total. The lowest BCUT2D eigenvalue weighted by molar-refractivity contribution is 0.211. The average molecular weight is 305 g/mol. The van der Waals surface area contributed by atoms with Gasteiger partial charge in [-0.15, -0.1) is 11.6 Å². The van der Waals surface area contributed by atoms with Gasteiger partial charge in [-0.25, -0.2) is 13.1 Å². The van der Waals surface area contributed by atoms with Crippen molar-refractivity contribution in [1.82, 2.24) is 4.72 Å². The van der Waals surface area contributed by atoms with Crippen LogP contribution in [0.2, 0.25) is 0 Å². The summed E-state index contributed by atoms with van der Waals surface area (Å²) in [5.74, 6) is 0.158. The second-order valence-electron chi connectivity index (χ2n) is 4.61. The summed E-state index contributed by atoms with van der Waals surface area (Å²) in [7, 11) is -3.40. The Balaban J connectivity index is 1.97. The molecule has 2 rings (SSSR count). The van der Waals surface area contributed by atoms with Crippen LogP contribution in [-0.2, 0) is 10.0 Å². The first-order valence-electron chi connectivity index (χ1n) is 6.11. The molecule has 1 fully saturated rings. The minimum absolute atomic E-state index is 0.0988. The third-order valence-corrected chi connectivity index (χ3v) is 4.68. The number of aliphatic hydroxyl groups is 1. The number of hydrogen-bond acceptors (Lipinski definition) is 4. The molecule has 7 heteroatoms. The number of alkyl halides is 1. The van der Waals surface area contributed by atoms with E-state index in [-0.39, 0.29) is 16.8 Å². The van der Waals surface area contributed by atoms with Crippen molar-refractivity contribution in [3.05, 3.63) is 24.3 Å². The summed E-state index contributed by atoms with van der Waals surface area (Å²) in [5, 5.41) is 12.3. The van der Waals surface area contributed by atoms with Gasteiger partial charge in [0.05, 0.1) is 16.9 Å². The van der Waals surface area contributed by atoms with Crippen LogP contribution in [0.4, 0.5) is 5.69 Å². The Hall–Kier alpha value is -0.820. The van der Waals surface area contributed by atoms with Gasteiger partial charge >= 0.3 is 0 Å². The summed E-state index contributed by atoms with van der Waals surface area (Å²) < 4.78 is 26.5. The fraction of sp³-hybridized carbons (Fsp3) is 0.500. The molecule has 3 N–H and O–H groups in total. The Morgan fingerprint density at radius 3 is 2.47 bits per heavy atom. The molecule has 0 saturated heterocycles. The van der Waals surface area contributed by atoms with Gasteiger partial charge in [0.2, 0.25) is 10.0 Å². The monoisotopic (exact) mass is 304 g/mol. The average Bonchev–Trinajstić information content (AvgIpc) is 3.19. The summed E-state index contributed by atoms with van der Waals surface area (Å²) in [5.41, 5.74) is 0.745. The highest BCUT2D eigenvalue weighted by Crippen LogP contribution is 2.22. The Morgan fingerprint density at radius 2 is 1.95 bits per heavy atom. The van der Waals surface area contributed by atoms with E-state index in [4.69, 9.17) is 11.6 Å². The zero-order valence-corrected chi connectivity index (χ0v) is 11.9. The lowest BCUT2D eigenvalue weighted by Gasteiger charge is -2.11. The SMILES string of the molecule is O=S(=O)(NC1CC1)c1ccc(NCC(O)CCl)cc1. The fourth-order valence-corrected chi connectivity index (χ4v) is 2.94. The third kappa shape index (κ3) is 4.35. The smallest absolute Gasteiger partial charge is 0.240 e. The molecule has 0 aliphatic heterocycles. The van der Waals surface area contributed by atoms with Gasteiger partial charge in [0.1, 0.15) is 0 Å². The maximum atomic E-state index is 11.9. The largest absolute Gasteiger partial charge is 0.390 e. The van der Waals surface area contributed by atoms with Gasteiger partial charge in [0.15, 0.2) is 0 Å². The van der Waals surface area contributed by atoms with E-state index in [1.54, 1.807) is 24.3 Å². The predicted octanol–water partition coefficient (Wildman–Crippen LogP) is 1.14. The number of aliphatic hydroxyl groups excluding tert-OH is 1. The molecule has 1 unspecified atom stereocenters. The predicted molar refractivity (Wildman–Crippen MR) is 75.0 cm³/mol. The van der Waals surface area contributed by atoms with E-state index in [0.717, 1.165) is 18.5 Å². The summed E-state index contributed by atoms with van der Waals surface area (Å²) in [6.07, 6.45) is 1.20. The van der Waals surface area contributed by atoms with Gasteiger partial charge < -0.3 is 10.4 Å². The molecule has 0 radical (unpaired) electrons. The molecule has 0 amide bonds. The van der Waals surface area contributed by atoms with Gasteiger partial charge in [-0.1, -0.05) is 0 Å². The highest BCUT2D eigenvalue weighted by atomic mass is 35.5. The van der Waals surface area contributed by atoms with E-state index < -0.39 is 16.1 Å². The fourth-order valence-electron chi connectivity index (χ4n) is 1.53.